The molecule has 1 amide bonds. The highest BCUT2D eigenvalue weighted by Gasteiger charge is 2.03. The molecule has 100 valence electrons. The SMILES string of the molecule is CCCc1cc(NCC(=O)NCC(C)C)ncn1. The van der Waals surface area contributed by atoms with Crippen molar-refractivity contribution >= 4 is 11.7 Å². The Morgan fingerprint density at radius 3 is 2.83 bits per heavy atom. The van der Waals surface area contributed by atoms with Gasteiger partial charge in [-0.15, -0.1) is 0 Å². The number of amides is 1. The molecule has 0 atom stereocenters. The summed E-state index contributed by atoms with van der Waals surface area (Å²) in [7, 11) is 0. The van der Waals surface area contributed by atoms with E-state index in [0.717, 1.165) is 18.5 Å². The maximum Gasteiger partial charge on any atom is 0.239 e. The van der Waals surface area contributed by atoms with Gasteiger partial charge in [0.1, 0.15) is 12.1 Å². The summed E-state index contributed by atoms with van der Waals surface area (Å²) in [5.74, 6) is 1.15. The van der Waals surface area contributed by atoms with E-state index in [9.17, 15) is 4.79 Å². The van der Waals surface area contributed by atoms with Gasteiger partial charge in [0.25, 0.3) is 0 Å². The van der Waals surface area contributed by atoms with Crippen LogP contribution in [0, 0.1) is 5.92 Å². The van der Waals surface area contributed by atoms with Gasteiger partial charge in [-0.3, -0.25) is 4.79 Å². The normalized spacial score (nSPS) is 10.4. The van der Waals surface area contributed by atoms with Gasteiger partial charge in [-0.25, -0.2) is 9.97 Å². The van der Waals surface area contributed by atoms with E-state index < -0.39 is 0 Å². The van der Waals surface area contributed by atoms with Gasteiger partial charge in [0.15, 0.2) is 0 Å². The molecule has 0 aromatic carbocycles. The van der Waals surface area contributed by atoms with Crippen LogP contribution in [0.15, 0.2) is 12.4 Å². The number of carbonyl (C=O) groups excluding carboxylic acids is 1. The number of carbonyl (C=O) groups is 1. The highest BCUT2D eigenvalue weighted by atomic mass is 16.1. The molecule has 1 rings (SSSR count). The number of hydrogen-bond donors (Lipinski definition) is 2. The first-order chi connectivity index (χ1) is 8.61. The molecule has 2 N–H and O–H groups in total. The van der Waals surface area contributed by atoms with E-state index in [2.05, 4.69) is 41.4 Å². The summed E-state index contributed by atoms with van der Waals surface area (Å²) in [6, 6.07) is 1.89. The fourth-order valence-electron chi connectivity index (χ4n) is 1.44. The first-order valence-corrected chi connectivity index (χ1v) is 6.43. The van der Waals surface area contributed by atoms with Crippen molar-refractivity contribution in [3.05, 3.63) is 18.1 Å². The Kier molecular flexibility index (Phi) is 6.11. The maximum absolute atomic E-state index is 11.5. The smallest absolute Gasteiger partial charge is 0.239 e. The third-order valence-corrected chi connectivity index (χ3v) is 2.37. The van der Waals surface area contributed by atoms with Crippen LogP contribution in [0.1, 0.15) is 32.9 Å². The molecule has 1 aromatic heterocycles. The second-order valence-electron chi connectivity index (χ2n) is 4.70. The minimum Gasteiger partial charge on any atom is -0.361 e. The lowest BCUT2D eigenvalue weighted by atomic mass is 10.2. The third kappa shape index (κ3) is 5.61. The van der Waals surface area contributed by atoms with Crippen molar-refractivity contribution in [2.45, 2.75) is 33.6 Å². The van der Waals surface area contributed by atoms with Crippen molar-refractivity contribution in [3.8, 4) is 0 Å². The van der Waals surface area contributed by atoms with E-state index in [0.29, 0.717) is 18.3 Å². The Morgan fingerprint density at radius 1 is 1.39 bits per heavy atom. The lowest BCUT2D eigenvalue weighted by Gasteiger charge is -2.09. The quantitative estimate of drug-likeness (QED) is 0.771. The van der Waals surface area contributed by atoms with Crippen LogP contribution in [0.3, 0.4) is 0 Å². The summed E-state index contributed by atoms with van der Waals surface area (Å²) in [4.78, 5) is 19.8. The van der Waals surface area contributed by atoms with Crippen molar-refractivity contribution < 1.29 is 4.79 Å². The zero-order valence-corrected chi connectivity index (χ0v) is 11.4. The van der Waals surface area contributed by atoms with Gasteiger partial charge in [0, 0.05) is 18.3 Å². The molecule has 0 aliphatic heterocycles. The number of rotatable bonds is 7. The second-order valence-corrected chi connectivity index (χ2v) is 4.70. The Labute approximate surface area is 108 Å². The van der Waals surface area contributed by atoms with E-state index in [1.165, 1.54) is 6.33 Å². The summed E-state index contributed by atoms with van der Waals surface area (Å²) in [5.41, 5.74) is 0.998. The monoisotopic (exact) mass is 250 g/mol. The van der Waals surface area contributed by atoms with Crippen LogP contribution in [0.25, 0.3) is 0 Å². The summed E-state index contributed by atoms with van der Waals surface area (Å²) < 4.78 is 0. The standard InChI is InChI=1S/C13H22N4O/c1-4-5-11-6-12(17-9-16-11)14-8-13(18)15-7-10(2)3/h6,9-10H,4-5,7-8H2,1-3H3,(H,15,18)(H,14,16,17). The van der Waals surface area contributed by atoms with E-state index in [1.54, 1.807) is 0 Å². The zero-order chi connectivity index (χ0) is 13.4. The maximum atomic E-state index is 11.5. The van der Waals surface area contributed by atoms with Gasteiger partial charge in [0.2, 0.25) is 5.91 Å². The third-order valence-electron chi connectivity index (χ3n) is 2.37. The van der Waals surface area contributed by atoms with E-state index in [-0.39, 0.29) is 12.5 Å². The van der Waals surface area contributed by atoms with Crippen molar-refractivity contribution in [2.75, 3.05) is 18.4 Å². The van der Waals surface area contributed by atoms with E-state index >= 15 is 0 Å². The minimum atomic E-state index is -0.0145. The lowest BCUT2D eigenvalue weighted by Crippen LogP contribution is -2.32. The van der Waals surface area contributed by atoms with Gasteiger partial charge in [-0.2, -0.15) is 0 Å². The van der Waals surface area contributed by atoms with Crippen LogP contribution in [0.4, 0.5) is 5.82 Å². The van der Waals surface area contributed by atoms with Gasteiger partial charge in [-0.1, -0.05) is 27.2 Å². The largest absolute Gasteiger partial charge is 0.361 e. The molecule has 0 saturated carbocycles. The predicted molar refractivity (Wildman–Crippen MR) is 72.4 cm³/mol. The highest BCUT2D eigenvalue weighted by molar-refractivity contribution is 5.80. The molecule has 1 aromatic rings. The zero-order valence-electron chi connectivity index (χ0n) is 11.4. The predicted octanol–water partition coefficient (Wildman–Crippen LogP) is 1.61. The van der Waals surface area contributed by atoms with Crippen LogP contribution in [-0.4, -0.2) is 29.0 Å². The second kappa shape index (κ2) is 7.63. The molecule has 5 heteroatoms. The molecule has 0 unspecified atom stereocenters. The highest BCUT2D eigenvalue weighted by Crippen LogP contribution is 2.05. The Hall–Kier alpha value is -1.65. The summed E-state index contributed by atoms with van der Waals surface area (Å²) >= 11 is 0. The van der Waals surface area contributed by atoms with Gasteiger partial charge < -0.3 is 10.6 Å². The molecule has 1 heterocycles. The van der Waals surface area contributed by atoms with Gasteiger partial charge in [0.05, 0.1) is 6.54 Å². The minimum absolute atomic E-state index is 0.0145. The Morgan fingerprint density at radius 2 is 2.17 bits per heavy atom. The Balaban J connectivity index is 2.38. The molecule has 5 nitrogen and oxygen atoms in total. The van der Waals surface area contributed by atoms with E-state index in [1.807, 2.05) is 6.07 Å². The Bertz CT molecular complexity index is 379. The summed E-state index contributed by atoms with van der Waals surface area (Å²) in [5, 5.41) is 5.85. The van der Waals surface area contributed by atoms with Crippen LogP contribution in [-0.2, 0) is 11.2 Å². The lowest BCUT2D eigenvalue weighted by molar-refractivity contribution is -0.119. The fraction of sp³-hybridized carbons (Fsp3) is 0.615. The molecular weight excluding hydrogens is 228 g/mol. The van der Waals surface area contributed by atoms with E-state index in [4.69, 9.17) is 0 Å². The summed E-state index contributed by atoms with van der Waals surface area (Å²) in [6.45, 7) is 7.18. The number of nitrogens with zero attached hydrogens (tertiary/aromatic N) is 2. The molecule has 0 spiro atoms. The molecule has 0 radical (unpaired) electrons. The van der Waals surface area contributed by atoms with Crippen LogP contribution >= 0.6 is 0 Å². The summed E-state index contributed by atoms with van der Waals surface area (Å²) in [6.07, 6.45) is 3.50. The van der Waals surface area contributed by atoms with Crippen LogP contribution in [0.5, 0.6) is 0 Å². The number of aryl methyl sites for hydroxylation is 1. The van der Waals surface area contributed by atoms with Crippen molar-refractivity contribution in [1.29, 1.82) is 0 Å². The average Bonchev–Trinajstić information content (AvgIpc) is 2.35. The molecule has 0 aliphatic carbocycles. The first-order valence-electron chi connectivity index (χ1n) is 6.43. The van der Waals surface area contributed by atoms with Crippen molar-refractivity contribution in [2.24, 2.45) is 5.92 Å². The molecule has 0 saturated heterocycles. The molecule has 0 bridgehead atoms. The molecule has 0 aliphatic rings. The number of hydrogen-bond acceptors (Lipinski definition) is 4. The molecule has 0 fully saturated rings. The average molecular weight is 250 g/mol. The van der Waals surface area contributed by atoms with Crippen LogP contribution in [0.2, 0.25) is 0 Å². The topological polar surface area (TPSA) is 66.9 Å². The first kappa shape index (κ1) is 14.4. The number of nitrogens with one attached hydrogen (secondary N) is 2. The van der Waals surface area contributed by atoms with Gasteiger partial charge >= 0.3 is 0 Å². The molecular formula is C13H22N4O. The van der Waals surface area contributed by atoms with Crippen molar-refractivity contribution in [1.82, 2.24) is 15.3 Å². The molecule has 18 heavy (non-hydrogen) atoms. The van der Waals surface area contributed by atoms with Crippen molar-refractivity contribution in [3.63, 3.8) is 0 Å². The fourth-order valence-corrected chi connectivity index (χ4v) is 1.44. The number of anilines is 1. The van der Waals surface area contributed by atoms with Gasteiger partial charge in [-0.05, 0) is 12.3 Å². The number of aromatic nitrogens is 2. The van der Waals surface area contributed by atoms with Crippen LogP contribution < -0.4 is 10.6 Å².